The van der Waals surface area contributed by atoms with Crippen LogP contribution in [-0.2, 0) is 13.3 Å². The van der Waals surface area contributed by atoms with Gasteiger partial charge in [0.25, 0.3) is 0 Å². The van der Waals surface area contributed by atoms with Crippen LogP contribution < -0.4 is 16.0 Å². The van der Waals surface area contributed by atoms with Gasteiger partial charge in [0.2, 0.25) is 17.8 Å². The highest BCUT2D eigenvalue weighted by molar-refractivity contribution is 6.60. The van der Waals surface area contributed by atoms with Gasteiger partial charge in [0.05, 0.1) is 0 Å². The van der Waals surface area contributed by atoms with E-state index in [9.17, 15) is 0 Å². The lowest BCUT2D eigenvalue weighted by molar-refractivity contribution is 0.124. The Bertz CT molecular complexity index is 387. The van der Waals surface area contributed by atoms with E-state index >= 15 is 0 Å². The molecule has 0 aromatic carbocycles. The molecule has 0 saturated carbocycles. The van der Waals surface area contributed by atoms with E-state index in [0.29, 0.717) is 30.4 Å². The van der Waals surface area contributed by atoms with Gasteiger partial charge in [-0.2, -0.15) is 15.0 Å². The predicted molar refractivity (Wildman–Crippen MR) is 79.0 cm³/mol. The minimum atomic E-state index is -2.58. The van der Waals surface area contributed by atoms with Crippen LogP contribution in [0.3, 0.4) is 0 Å². The SMILES string of the molecule is CNc1nc(NC)nc(NCC[Si](OC)(OC)OC)n1. The summed E-state index contributed by atoms with van der Waals surface area (Å²) in [5, 5.41) is 8.85. The van der Waals surface area contributed by atoms with Crippen molar-refractivity contribution in [1.29, 1.82) is 0 Å². The monoisotopic (exact) mass is 302 g/mol. The third-order valence-corrected chi connectivity index (χ3v) is 5.46. The molecule has 0 amide bonds. The summed E-state index contributed by atoms with van der Waals surface area (Å²) in [7, 11) is 5.67. The van der Waals surface area contributed by atoms with Gasteiger partial charge >= 0.3 is 8.80 Å². The molecule has 0 saturated heterocycles. The second-order valence-corrected chi connectivity index (χ2v) is 6.87. The van der Waals surface area contributed by atoms with Gasteiger partial charge in [-0.1, -0.05) is 0 Å². The molecule has 0 unspecified atom stereocenters. The molecule has 20 heavy (non-hydrogen) atoms. The average molecular weight is 302 g/mol. The van der Waals surface area contributed by atoms with Crippen molar-refractivity contribution in [2.45, 2.75) is 6.04 Å². The number of aromatic nitrogens is 3. The summed E-state index contributed by atoms with van der Waals surface area (Å²) in [4.78, 5) is 12.5. The maximum absolute atomic E-state index is 5.34. The molecule has 1 aromatic heterocycles. The first-order valence-corrected chi connectivity index (χ1v) is 8.07. The van der Waals surface area contributed by atoms with Crippen molar-refractivity contribution in [2.24, 2.45) is 0 Å². The summed E-state index contributed by atoms with van der Waals surface area (Å²) in [5.41, 5.74) is 0. The zero-order chi connectivity index (χ0) is 15.0. The Morgan fingerprint density at radius 2 is 1.30 bits per heavy atom. The van der Waals surface area contributed by atoms with Crippen molar-refractivity contribution >= 4 is 26.6 Å². The third-order valence-electron chi connectivity index (χ3n) is 2.73. The van der Waals surface area contributed by atoms with E-state index < -0.39 is 8.80 Å². The Morgan fingerprint density at radius 1 is 0.850 bits per heavy atom. The standard InChI is InChI=1S/C10H22N6O3Si/c1-11-8-14-9(12-2)16-10(15-8)13-6-7-20(17-3,18-4)19-5/h6-7H2,1-5H3,(H3,11,12,13,14,15,16). The van der Waals surface area contributed by atoms with Gasteiger partial charge in [-0.15, -0.1) is 0 Å². The first-order valence-electron chi connectivity index (χ1n) is 6.14. The van der Waals surface area contributed by atoms with Crippen molar-refractivity contribution in [1.82, 2.24) is 15.0 Å². The van der Waals surface area contributed by atoms with Gasteiger partial charge in [-0.25, -0.2) is 0 Å². The molecule has 1 rings (SSSR count). The number of hydrogen-bond donors (Lipinski definition) is 3. The predicted octanol–water partition coefficient (Wildman–Crippen LogP) is 0.245. The summed E-state index contributed by atoms with van der Waals surface area (Å²) in [5.74, 6) is 1.45. The molecular weight excluding hydrogens is 280 g/mol. The van der Waals surface area contributed by atoms with Crippen LogP contribution >= 0.6 is 0 Å². The van der Waals surface area contributed by atoms with Crippen LogP contribution in [-0.4, -0.2) is 65.7 Å². The highest BCUT2D eigenvalue weighted by atomic mass is 28.4. The van der Waals surface area contributed by atoms with E-state index in [1.165, 1.54) is 0 Å². The van der Waals surface area contributed by atoms with Crippen LogP contribution in [0.2, 0.25) is 6.04 Å². The Morgan fingerprint density at radius 3 is 1.70 bits per heavy atom. The van der Waals surface area contributed by atoms with Crippen LogP contribution in [0.15, 0.2) is 0 Å². The number of rotatable bonds is 9. The van der Waals surface area contributed by atoms with E-state index in [-0.39, 0.29) is 0 Å². The molecule has 1 heterocycles. The Labute approximate surface area is 119 Å². The fourth-order valence-corrected chi connectivity index (χ4v) is 3.11. The number of nitrogens with zero attached hydrogens (tertiary/aromatic N) is 3. The van der Waals surface area contributed by atoms with Crippen LogP contribution in [0.5, 0.6) is 0 Å². The van der Waals surface area contributed by atoms with Crippen LogP contribution in [0.25, 0.3) is 0 Å². The van der Waals surface area contributed by atoms with Gasteiger partial charge in [0.1, 0.15) is 0 Å². The van der Waals surface area contributed by atoms with Crippen molar-refractivity contribution < 1.29 is 13.3 Å². The normalized spacial score (nSPS) is 11.2. The maximum Gasteiger partial charge on any atom is 0.501 e. The van der Waals surface area contributed by atoms with E-state index in [0.717, 1.165) is 0 Å². The van der Waals surface area contributed by atoms with Crippen LogP contribution in [0.4, 0.5) is 17.8 Å². The van der Waals surface area contributed by atoms with E-state index in [1.807, 2.05) is 0 Å². The number of hydrogen-bond acceptors (Lipinski definition) is 9. The second-order valence-electron chi connectivity index (χ2n) is 3.78. The maximum atomic E-state index is 5.34. The minimum Gasteiger partial charge on any atom is -0.377 e. The van der Waals surface area contributed by atoms with E-state index in [1.54, 1.807) is 35.4 Å². The molecule has 0 aliphatic rings. The van der Waals surface area contributed by atoms with Gasteiger partial charge in [0.15, 0.2) is 0 Å². The highest BCUT2D eigenvalue weighted by Gasteiger charge is 2.37. The molecule has 10 heteroatoms. The molecule has 0 spiro atoms. The molecular formula is C10H22N6O3Si. The lowest BCUT2D eigenvalue weighted by atomic mass is 10.7. The minimum absolute atomic E-state index is 0.472. The van der Waals surface area contributed by atoms with Crippen molar-refractivity contribution in [2.75, 3.05) is 57.9 Å². The molecule has 0 fully saturated rings. The highest BCUT2D eigenvalue weighted by Crippen LogP contribution is 2.13. The van der Waals surface area contributed by atoms with Gasteiger partial charge in [-0.05, 0) is 0 Å². The quantitative estimate of drug-likeness (QED) is 0.554. The molecule has 114 valence electrons. The van der Waals surface area contributed by atoms with E-state index in [2.05, 4.69) is 30.9 Å². The van der Waals surface area contributed by atoms with Crippen LogP contribution in [0, 0.1) is 0 Å². The summed E-state index contributed by atoms with van der Waals surface area (Å²) in [6, 6.07) is 0.603. The molecule has 3 N–H and O–H groups in total. The number of nitrogens with one attached hydrogen (secondary N) is 3. The molecule has 0 radical (unpaired) electrons. The fraction of sp³-hybridized carbons (Fsp3) is 0.700. The lowest BCUT2D eigenvalue weighted by Gasteiger charge is -2.24. The van der Waals surface area contributed by atoms with Crippen molar-refractivity contribution in [3.8, 4) is 0 Å². The Hall–Kier alpha value is -1.49. The zero-order valence-electron chi connectivity index (χ0n) is 12.5. The zero-order valence-corrected chi connectivity index (χ0v) is 13.5. The second kappa shape index (κ2) is 7.94. The Balaban J connectivity index is 2.65. The molecule has 0 atom stereocenters. The fourth-order valence-electron chi connectivity index (χ4n) is 1.56. The van der Waals surface area contributed by atoms with Gasteiger partial charge < -0.3 is 29.2 Å². The third kappa shape index (κ3) is 4.26. The first kappa shape index (κ1) is 16.6. The molecule has 0 aliphatic heterocycles. The first-order chi connectivity index (χ1) is 9.62. The van der Waals surface area contributed by atoms with E-state index in [4.69, 9.17) is 13.3 Å². The summed E-state index contributed by atoms with van der Waals surface area (Å²) < 4.78 is 16.0. The summed E-state index contributed by atoms with van der Waals surface area (Å²) >= 11 is 0. The molecule has 0 bridgehead atoms. The number of anilines is 3. The topological polar surface area (TPSA) is 102 Å². The Kier molecular flexibility index (Phi) is 6.58. The lowest BCUT2D eigenvalue weighted by Crippen LogP contribution is -2.44. The molecule has 1 aromatic rings. The molecule has 0 aliphatic carbocycles. The van der Waals surface area contributed by atoms with Gasteiger partial charge in [-0.3, -0.25) is 0 Å². The van der Waals surface area contributed by atoms with Crippen molar-refractivity contribution in [3.05, 3.63) is 0 Å². The smallest absolute Gasteiger partial charge is 0.377 e. The van der Waals surface area contributed by atoms with Crippen molar-refractivity contribution in [3.63, 3.8) is 0 Å². The largest absolute Gasteiger partial charge is 0.501 e. The van der Waals surface area contributed by atoms with Gasteiger partial charge in [0, 0.05) is 48.0 Å². The average Bonchev–Trinajstić information content (AvgIpc) is 2.51. The summed E-state index contributed by atoms with van der Waals surface area (Å²) in [6.07, 6.45) is 0. The molecule has 9 nitrogen and oxygen atoms in total. The van der Waals surface area contributed by atoms with Crippen LogP contribution in [0.1, 0.15) is 0 Å². The summed E-state index contributed by atoms with van der Waals surface area (Å²) in [6.45, 7) is 0.568.